The van der Waals surface area contributed by atoms with E-state index >= 15 is 0 Å². The molecule has 0 aliphatic carbocycles. The number of rotatable bonds is 3. The summed E-state index contributed by atoms with van der Waals surface area (Å²) >= 11 is 8.12. The molecule has 0 radical (unpaired) electrons. The lowest BCUT2D eigenvalue weighted by Gasteiger charge is -2.35. The average Bonchev–Trinajstić information content (AvgIpc) is 2.50. The van der Waals surface area contributed by atoms with Gasteiger partial charge in [0.15, 0.2) is 0 Å². The minimum atomic E-state index is 0.448. The van der Waals surface area contributed by atoms with Gasteiger partial charge in [0.25, 0.3) is 0 Å². The van der Waals surface area contributed by atoms with E-state index in [1.165, 1.54) is 35.5 Å². The fourth-order valence-electron chi connectivity index (χ4n) is 3.21. The Labute approximate surface area is 136 Å². The van der Waals surface area contributed by atoms with Gasteiger partial charge in [0.2, 0.25) is 0 Å². The van der Waals surface area contributed by atoms with Gasteiger partial charge >= 0.3 is 0 Å². The SMILES string of the molecule is C#CCN1CCC(NC2CCSc3ccc(Cl)cc32)CC1. The molecule has 1 aromatic rings. The second-order valence-electron chi connectivity index (χ2n) is 5.79. The topological polar surface area (TPSA) is 15.3 Å². The van der Waals surface area contributed by atoms with Gasteiger partial charge in [-0.15, -0.1) is 18.2 Å². The second kappa shape index (κ2) is 7.07. The van der Waals surface area contributed by atoms with E-state index in [4.69, 9.17) is 18.0 Å². The molecule has 1 fully saturated rings. The van der Waals surface area contributed by atoms with Gasteiger partial charge in [-0.2, -0.15) is 0 Å². The maximum absolute atomic E-state index is 6.18. The Morgan fingerprint density at radius 2 is 2.14 bits per heavy atom. The number of benzene rings is 1. The van der Waals surface area contributed by atoms with Crippen LogP contribution in [0.4, 0.5) is 0 Å². The Kier molecular flexibility index (Phi) is 5.13. The standard InChI is InChI=1S/C17H21ClN2S/c1-2-8-20-9-5-14(6-10-20)19-16-7-11-21-17-4-3-13(18)12-15(16)17/h1,3-4,12,14,16,19H,5-11H2. The van der Waals surface area contributed by atoms with Gasteiger partial charge < -0.3 is 5.32 Å². The highest BCUT2D eigenvalue weighted by Crippen LogP contribution is 2.38. The van der Waals surface area contributed by atoms with E-state index in [-0.39, 0.29) is 0 Å². The minimum absolute atomic E-state index is 0.448. The smallest absolute Gasteiger partial charge is 0.0598 e. The lowest BCUT2D eigenvalue weighted by atomic mass is 9.99. The molecule has 2 aliphatic heterocycles. The van der Waals surface area contributed by atoms with Gasteiger partial charge in [-0.3, -0.25) is 4.90 Å². The van der Waals surface area contributed by atoms with Crippen molar-refractivity contribution in [1.82, 2.24) is 10.2 Å². The molecular formula is C17H21ClN2S. The first-order valence-electron chi connectivity index (χ1n) is 7.60. The number of piperidine rings is 1. The highest BCUT2D eigenvalue weighted by molar-refractivity contribution is 7.99. The number of terminal acetylenes is 1. The van der Waals surface area contributed by atoms with Crippen molar-refractivity contribution >= 4 is 23.4 Å². The van der Waals surface area contributed by atoms with Crippen molar-refractivity contribution in [3.8, 4) is 12.3 Å². The number of hydrogen-bond acceptors (Lipinski definition) is 3. The predicted molar refractivity (Wildman–Crippen MR) is 91.0 cm³/mol. The highest BCUT2D eigenvalue weighted by Gasteiger charge is 2.25. The number of hydrogen-bond donors (Lipinski definition) is 1. The summed E-state index contributed by atoms with van der Waals surface area (Å²) < 4.78 is 0. The van der Waals surface area contributed by atoms with Gasteiger partial charge in [-0.05, 0) is 48.8 Å². The summed E-state index contributed by atoms with van der Waals surface area (Å²) in [5.41, 5.74) is 1.38. The molecule has 1 saturated heterocycles. The molecule has 4 heteroatoms. The average molecular weight is 321 g/mol. The number of halogens is 1. The van der Waals surface area contributed by atoms with Crippen LogP contribution in [0.3, 0.4) is 0 Å². The maximum atomic E-state index is 6.18. The van der Waals surface area contributed by atoms with Crippen molar-refractivity contribution in [2.24, 2.45) is 0 Å². The van der Waals surface area contributed by atoms with Gasteiger partial charge in [0.05, 0.1) is 6.54 Å². The van der Waals surface area contributed by atoms with E-state index in [9.17, 15) is 0 Å². The molecule has 112 valence electrons. The summed E-state index contributed by atoms with van der Waals surface area (Å²) in [5.74, 6) is 3.92. The molecule has 1 unspecified atom stereocenters. The molecule has 1 N–H and O–H groups in total. The van der Waals surface area contributed by atoms with Crippen LogP contribution in [-0.4, -0.2) is 36.3 Å². The number of nitrogens with one attached hydrogen (secondary N) is 1. The van der Waals surface area contributed by atoms with E-state index < -0.39 is 0 Å². The molecule has 0 saturated carbocycles. The van der Waals surface area contributed by atoms with Crippen molar-refractivity contribution in [1.29, 1.82) is 0 Å². The Morgan fingerprint density at radius 1 is 1.33 bits per heavy atom. The molecule has 2 aliphatic rings. The van der Waals surface area contributed by atoms with Crippen LogP contribution in [0.2, 0.25) is 5.02 Å². The Balaban J connectivity index is 1.62. The zero-order valence-corrected chi connectivity index (χ0v) is 13.7. The van der Waals surface area contributed by atoms with E-state index in [1.807, 2.05) is 17.8 Å². The van der Waals surface area contributed by atoms with Crippen LogP contribution in [0, 0.1) is 12.3 Å². The van der Waals surface area contributed by atoms with Crippen molar-refractivity contribution in [2.75, 3.05) is 25.4 Å². The van der Waals surface area contributed by atoms with E-state index in [0.29, 0.717) is 12.1 Å². The largest absolute Gasteiger partial charge is 0.307 e. The zero-order valence-electron chi connectivity index (χ0n) is 12.1. The monoisotopic (exact) mass is 320 g/mol. The zero-order chi connectivity index (χ0) is 14.7. The van der Waals surface area contributed by atoms with Crippen LogP contribution in [0.5, 0.6) is 0 Å². The second-order valence-corrected chi connectivity index (χ2v) is 7.37. The van der Waals surface area contributed by atoms with Gasteiger partial charge in [0.1, 0.15) is 0 Å². The molecule has 1 aromatic carbocycles. The van der Waals surface area contributed by atoms with Crippen LogP contribution in [-0.2, 0) is 0 Å². The first-order valence-corrected chi connectivity index (χ1v) is 8.97. The van der Waals surface area contributed by atoms with Crippen LogP contribution >= 0.6 is 23.4 Å². The number of likely N-dealkylation sites (tertiary alicyclic amines) is 1. The molecule has 0 aromatic heterocycles. The third-order valence-corrected chi connectivity index (χ3v) is 5.71. The first kappa shape index (κ1) is 15.2. The summed E-state index contributed by atoms with van der Waals surface area (Å²) in [6.45, 7) is 2.99. The molecule has 2 heterocycles. The van der Waals surface area contributed by atoms with Crippen molar-refractivity contribution < 1.29 is 0 Å². The van der Waals surface area contributed by atoms with Gasteiger partial charge in [0, 0.05) is 35.1 Å². The molecule has 1 atom stereocenters. The fourth-order valence-corrected chi connectivity index (χ4v) is 4.50. The molecular weight excluding hydrogens is 300 g/mol. The fraction of sp³-hybridized carbons (Fsp3) is 0.529. The van der Waals surface area contributed by atoms with Crippen molar-refractivity contribution in [3.05, 3.63) is 28.8 Å². The lowest BCUT2D eigenvalue weighted by Crippen LogP contribution is -2.44. The maximum Gasteiger partial charge on any atom is 0.0598 e. The van der Waals surface area contributed by atoms with Crippen LogP contribution in [0.1, 0.15) is 30.9 Å². The molecule has 21 heavy (non-hydrogen) atoms. The Morgan fingerprint density at radius 3 is 2.90 bits per heavy atom. The summed E-state index contributed by atoms with van der Waals surface area (Å²) in [6, 6.07) is 7.33. The first-order chi connectivity index (χ1) is 10.3. The lowest BCUT2D eigenvalue weighted by molar-refractivity contribution is 0.208. The molecule has 0 spiro atoms. The van der Waals surface area contributed by atoms with E-state index in [2.05, 4.69) is 28.3 Å². The quantitative estimate of drug-likeness (QED) is 0.857. The highest BCUT2D eigenvalue weighted by atomic mass is 35.5. The summed E-state index contributed by atoms with van der Waals surface area (Å²) in [4.78, 5) is 3.74. The molecule has 0 amide bonds. The molecule has 2 nitrogen and oxygen atoms in total. The molecule has 3 rings (SSSR count). The van der Waals surface area contributed by atoms with Crippen LogP contribution in [0.25, 0.3) is 0 Å². The van der Waals surface area contributed by atoms with Crippen LogP contribution < -0.4 is 5.32 Å². The number of fused-ring (bicyclic) bond motifs is 1. The summed E-state index contributed by atoms with van der Waals surface area (Å²) in [7, 11) is 0. The van der Waals surface area contributed by atoms with Gasteiger partial charge in [-0.25, -0.2) is 0 Å². The molecule has 0 bridgehead atoms. The summed E-state index contributed by atoms with van der Waals surface area (Å²) in [5, 5.41) is 4.69. The summed E-state index contributed by atoms with van der Waals surface area (Å²) in [6.07, 6.45) is 8.94. The third-order valence-electron chi connectivity index (χ3n) is 4.35. The van der Waals surface area contributed by atoms with Crippen molar-refractivity contribution in [2.45, 2.75) is 36.2 Å². The Hall–Kier alpha value is -0.660. The predicted octanol–water partition coefficient (Wildman–Crippen LogP) is 3.56. The van der Waals surface area contributed by atoms with E-state index in [1.54, 1.807) is 0 Å². The van der Waals surface area contributed by atoms with Crippen LogP contribution in [0.15, 0.2) is 23.1 Å². The van der Waals surface area contributed by atoms with E-state index in [0.717, 1.165) is 24.7 Å². The number of nitrogens with zero attached hydrogens (tertiary/aromatic N) is 1. The normalized spacial score (nSPS) is 23.5. The van der Waals surface area contributed by atoms with Gasteiger partial charge in [-0.1, -0.05) is 17.5 Å². The minimum Gasteiger partial charge on any atom is -0.307 e. The third kappa shape index (κ3) is 3.76. The van der Waals surface area contributed by atoms with Crippen molar-refractivity contribution in [3.63, 3.8) is 0 Å². The Bertz CT molecular complexity index is 532. The number of thioether (sulfide) groups is 1.